The first-order valence-electron chi connectivity index (χ1n) is 11.0. The number of anilines is 1. The zero-order valence-electron chi connectivity index (χ0n) is 18.7. The van der Waals surface area contributed by atoms with Crippen molar-refractivity contribution in [3.8, 4) is 6.07 Å². The molecule has 2 aliphatic rings. The first kappa shape index (κ1) is 22.3. The standard InChI is InChI=1S/C24H27N7O2/c1-24(2)7-5-15(6-8-24)19-9-16(17-11-27-23(28-12-17)29-14-32)3-4-20(19)31-22(33)21-26-13-18(10-25)30-21/h3-5,9,13-14,17H,6-8,11-12H2,1-2H3,(H,26,30)(H,31,33)(H2,27,28,29,32). The maximum absolute atomic E-state index is 12.8. The number of carbonyl (C=O) groups excluding carboxylic acids is 2. The molecule has 0 atom stereocenters. The van der Waals surface area contributed by atoms with E-state index in [2.05, 4.69) is 56.9 Å². The number of rotatable bonds is 5. The number of allylic oxidation sites excluding steroid dienone is 2. The van der Waals surface area contributed by atoms with Gasteiger partial charge in [0.25, 0.3) is 5.91 Å². The van der Waals surface area contributed by atoms with Gasteiger partial charge in [-0.15, -0.1) is 0 Å². The van der Waals surface area contributed by atoms with Crippen LogP contribution in [-0.4, -0.2) is 41.3 Å². The van der Waals surface area contributed by atoms with Gasteiger partial charge in [0.1, 0.15) is 6.07 Å². The van der Waals surface area contributed by atoms with Gasteiger partial charge in [-0.05, 0) is 47.9 Å². The Morgan fingerprint density at radius 1 is 1.33 bits per heavy atom. The Balaban J connectivity index is 1.62. The van der Waals surface area contributed by atoms with Gasteiger partial charge in [-0.1, -0.05) is 26.0 Å². The third-order valence-corrected chi connectivity index (χ3v) is 6.20. The molecule has 2 aromatic rings. The Bertz CT molecular complexity index is 1160. The largest absolute Gasteiger partial charge is 0.355 e. The number of nitriles is 1. The molecule has 1 aromatic carbocycles. The summed E-state index contributed by atoms with van der Waals surface area (Å²) in [6, 6.07) is 7.99. The van der Waals surface area contributed by atoms with Crippen LogP contribution in [0, 0.1) is 16.7 Å². The summed E-state index contributed by atoms with van der Waals surface area (Å²) in [6.45, 7) is 5.84. The molecule has 2 amide bonds. The maximum Gasteiger partial charge on any atom is 0.291 e. The molecule has 0 unspecified atom stereocenters. The fraction of sp³-hybridized carbons (Fsp3) is 0.375. The van der Waals surface area contributed by atoms with E-state index >= 15 is 0 Å². The highest BCUT2D eigenvalue weighted by atomic mass is 16.2. The normalized spacial score (nSPS) is 19.4. The van der Waals surface area contributed by atoms with Gasteiger partial charge in [-0.3, -0.25) is 9.59 Å². The van der Waals surface area contributed by atoms with Crippen molar-refractivity contribution in [2.75, 3.05) is 18.4 Å². The van der Waals surface area contributed by atoms with Gasteiger partial charge in [0.15, 0.2) is 17.5 Å². The molecule has 1 aliphatic carbocycles. The summed E-state index contributed by atoms with van der Waals surface area (Å²) < 4.78 is 0. The second-order valence-electron chi connectivity index (χ2n) is 9.14. The Hall–Kier alpha value is -3.93. The summed E-state index contributed by atoms with van der Waals surface area (Å²) in [4.78, 5) is 33.9. The number of nitrogens with zero attached hydrogens (tertiary/aromatic N) is 3. The van der Waals surface area contributed by atoms with E-state index in [1.807, 2.05) is 18.2 Å². The van der Waals surface area contributed by atoms with Crippen LogP contribution >= 0.6 is 0 Å². The zero-order chi connectivity index (χ0) is 23.4. The number of carbonyl (C=O) groups is 2. The number of aliphatic imine (C=N–C) groups is 1. The van der Waals surface area contributed by atoms with Crippen molar-refractivity contribution in [1.29, 1.82) is 5.26 Å². The molecular formula is C24H27N7O2. The Kier molecular flexibility index (Phi) is 6.27. The van der Waals surface area contributed by atoms with Crippen molar-refractivity contribution in [1.82, 2.24) is 20.6 Å². The highest BCUT2D eigenvalue weighted by molar-refractivity contribution is 6.03. The molecule has 170 valence electrons. The molecular weight excluding hydrogens is 418 g/mol. The number of H-pyrrole nitrogens is 1. The quantitative estimate of drug-likeness (QED) is 0.523. The predicted molar refractivity (Wildman–Crippen MR) is 126 cm³/mol. The Morgan fingerprint density at radius 2 is 2.12 bits per heavy atom. The number of hydrogen-bond donors (Lipinski definition) is 4. The molecule has 4 rings (SSSR count). The SMILES string of the molecule is CC1(C)CC=C(c2cc(C3CNC(=NC=O)NC3)ccc2NC(=O)c2nc(C#N)c[nH]2)CC1. The molecule has 0 radical (unpaired) electrons. The smallest absolute Gasteiger partial charge is 0.291 e. The van der Waals surface area contributed by atoms with Gasteiger partial charge in [0.05, 0.1) is 0 Å². The van der Waals surface area contributed by atoms with Gasteiger partial charge in [0, 0.05) is 36.5 Å². The number of hydrogen-bond acceptors (Lipinski definition) is 4. The lowest BCUT2D eigenvalue weighted by Gasteiger charge is -2.30. The lowest BCUT2D eigenvalue weighted by Crippen LogP contribution is -2.48. The summed E-state index contributed by atoms with van der Waals surface area (Å²) in [5.74, 6) is 0.377. The van der Waals surface area contributed by atoms with Gasteiger partial charge in [-0.25, -0.2) is 4.98 Å². The molecule has 0 bridgehead atoms. The number of aromatic amines is 1. The van der Waals surface area contributed by atoms with Crippen LogP contribution in [0.2, 0.25) is 0 Å². The minimum Gasteiger partial charge on any atom is -0.355 e. The first-order valence-corrected chi connectivity index (χ1v) is 11.0. The Labute approximate surface area is 192 Å². The molecule has 9 heteroatoms. The number of imidazole rings is 1. The highest BCUT2D eigenvalue weighted by Gasteiger charge is 2.25. The van der Waals surface area contributed by atoms with Crippen molar-refractivity contribution in [3.63, 3.8) is 0 Å². The van der Waals surface area contributed by atoms with Crippen LogP contribution < -0.4 is 16.0 Å². The van der Waals surface area contributed by atoms with E-state index in [9.17, 15) is 9.59 Å². The monoisotopic (exact) mass is 445 g/mol. The molecule has 1 aromatic heterocycles. The van der Waals surface area contributed by atoms with Crippen molar-refractivity contribution in [3.05, 3.63) is 53.1 Å². The van der Waals surface area contributed by atoms with Crippen LogP contribution in [0.5, 0.6) is 0 Å². The summed E-state index contributed by atoms with van der Waals surface area (Å²) in [5.41, 5.74) is 4.48. The fourth-order valence-corrected chi connectivity index (χ4v) is 4.14. The zero-order valence-corrected chi connectivity index (χ0v) is 18.7. The fourth-order valence-electron chi connectivity index (χ4n) is 4.14. The second kappa shape index (κ2) is 9.28. The molecule has 1 aliphatic heterocycles. The predicted octanol–water partition coefficient (Wildman–Crippen LogP) is 2.92. The average molecular weight is 446 g/mol. The maximum atomic E-state index is 12.8. The van der Waals surface area contributed by atoms with Gasteiger partial charge >= 0.3 is 0 Å². The molecule has 0 saturated carbocycles. The number of guanidine groups is 1. The van der Waals surface area contributed by atoms with Gasteiger partial charge < -0.3 is 20.9 Å². The van der Waals surface area contributed by atoms with Crippen molar-refractivity contribution >= 4 is 29.5 Å². The minimum atomic E-state index is -0.391. The van der Waals surface area contributed by atoms with Crippen LogP contribution in [-0.2, 0) is 4.79 Å². The topological polar surface area (TPSA) is 135 Å². The van der Waals surface area contributed by atoms with Gasteiger partial charge in [-0.2, -0.15) is 10.3 Å². The minimum absolute atomic E-state index is 0.100. The van der Waals surface area contributed by atoms with E-state index in [-0.39, 0.29) is 22.9 Å². The highest BCUT2D eigenvalue weighted by Crippen LogP contribution is 2.40. The number of nitrogens with one attached hydrogen (secondary N) is 4. The molecule has 0 spiro atoms. The first-order chi connectivity index (χ1) is 15.9. The number of amides is 2. The van der Waals surface area contributed by atoms with E-state index < -0.39 is 5.91 Å². The van der Waals surface area contributed by atoms with Crippen LogP contribution in [0.3, 0.4) is 0 Å². The lowest BCUT2D eigenvalue weighted by atomic mass is 9.76. The average Bonchev–Trinajstić information content (AvgIpc) is 3.30. The van der Waals surface area contributed by atoms with E-state index in [4.69, 9.17) is 5.26 Å². The summed E-state index contributed by atoms with van der Waals surface area (Å²) in [7, 11) is 0. The molecule has 1 fully saturated rings. The van der Waals surface area contributed by atoms with E-state index in [1.54, 1.807) is 0 Å². The number of aromatic nitrogens is 2. The molecule has 33 heavy (non-hydrogen) atoms. The molecule has 4 N–H and O–H groups in total. The third kappa shape index (κ3) is 5.12. The molecule has 2 heterocycles. The summed E-state index contributed by atoms with van der Waals surface area (Å²) in [5, 5.41) is 18.2. The van der Waals surface area contributed by atoms with Crippen LogP contribution in [0.15, 0.2) is 35.5 Å². The third-order valence-electron chi connectivity index (χ3n) is 6.20. The van der Waals surface area contributed by atoms with E-state index in [0.717, 1.165) is 30.4 Å². The second-order valence-corrected chi connectivity index (χ2v) is 9.14. The van der Waals surface area contributed by atoms with Crippen LogP contribution in [0.25, 0.3) is 5.57 Å². The van der Waals surface area contributed by atoms with Crippen molar-refractivity contribution in [2.24, 2.45) is 10.4 Å². The van der Waals surface area contributed by atoms with Crippen molar-refractivity contribution < 1.29 is 9.59 Å². The summed E-state index contributed by atoms with van der Waals surface area (Å²) in [6.07, 6.45) is 7.16. The van der Waals surface area contributed by atoms with Crippen LogP contribution in [0.4, 0.5) is 5.69 Å². The molecule has 9 nitrogen and oxygen atoms in total. The lowest BCUT2D eigenvalue weighted by molar-refractivity contribution is -0.106. The molecule has 1 saturated heterocycles. The van der Waals surface area contributed by atoms with E-state index in [1.165, 1.54) is 11.8 Å². The Morgan fingerprint density at radius 3 is 2.76 bits per heavy atom. The summed E-state index contributed by atoms with van der Waals surface area (Å²) >= 11 is 0. The van der Waals surface area contributed by atoms with Gasteiger partial charge in [0.2, 0.25) is 6.41 Å². The number of benzene rings is 1. The van der Waals surface area contributed by atoms with E-state index in [0.29, 0.717) is 31.1 Å². The van der Waals surface area contributed by atoms with Crippen molar-refractivity contribution in [2.45, 2.75) is 39.0 Å². The van der Waals surface area contributed by atoms with Crippen LogP contribution in [0.1, 0.15) is 66.5 Å².